The van der Waals surface area contributed by atoms with Crippen LogP contribution in [0.25, 0.3) is 11.1 Å². The van der Waals surface area contributed by atoms with Crippen molar-refractivity contribution < 1.29 is 0 Å². The molecule has 0 spiro atoms. The molecule has 4 heteroatoms. The summed E-state index contributed by atoms with van der Waals surface area (Å²) >= 11 is 6.07. The van der Waals surface area contributed by atoms with Crippen molar-refractivity contribution in [3.63, 3.8) is 0 Å². The number of aryl methyl sites for hydroxylation is 1. The van der Waals surface area contributed by atoms with Gasteiger partial charge in [0.15, 0.2) is 0 Å². The second-order valence-electron chi connectivity index (χ2n) is 6.08. The summed E-state index contributed by atoms with van der Waals surface area (Å²) in [6.45, 7) is 6.58. The number of halogens is 1. The lowest BCUT2D eigenvalue weighted by molar-refractivity contribution is 0.405. The van der Waals surface area contributed by atoms with E-state index in [0.717, 1.165) is 23.2 Å². The van der Waals surface area contributed by atoms with Crippen LogP contribution in [0.1, 0.15) is 26.5 Å². The van der Waals surface area contributed by atoms with Gasteiger partial charge in [0.1, 0.15) is 5.82 Å². The molecule has 1 aromatic heterocycles. The molecule has 0 unspecified atom stereocenters. The molecular weight excluding hydrogens is 258 g/mol. The van der Waals surface area contributed by atoms with Gasteiger partial charge in [-0.05, 0) is 29.5 Å². The topological polar surface area (TPSA) is 43.8 Å². The van der Waals surface area contributed by atoms with E-state index in [1.807, 2.05) is 31.3 Å². The van der Waals surface area contributed by atoms with Crippen LogP contribution in [-0.4, -0.2) is 9.78 Å². The van der Waals surface area contributed by atoms with Crippen LogP contribution in [0, 0.1) is 5.41 Å². The number of hydrogen-bond acceptors (Lipinski definition) is 2. The Hall–Kier alpha value is -1.48. The number of nitrogens with zero attached hydrogens (tertiary/aromatic N) is 2. The molecule has 0 fully saturated rings. The molecule has 2 aromatic rings. The molecule has 19 heavy (non-hydrogen) atoms. The Morgan fingerprint density at radius 1 is 1.32 bits per heavy atom. The monoisotopic (exact) mass is 277 g/mol. The molecule has 0 radical (unpaired) electrons. The molecule has 0 bridgehead atoms. The van der Waals surface area contributed by atoms with Gasteiger partial charge in [0.25, 0.3) is 0 Å². The van der Waals surface area contributed by atoms with E-state index in [-0.39, 0.29) is 5.41 Å². The Bertz CT molecular complexity index is 594. The maximum absolute atomic E-state index is 6.16. The smallest absolute Gasteiger partial charge is 0.129 e. The first-order chi connectivity index (χ1) is 8.78. The van der Waals surface area contributed by atoms with Crippen molar-refractivity contribution in [1.82, 2.24) is 9.78 Å². The molecule has 0 aliphatic carbocycles. The van der Waals surface area contributed by atoms with Gasteiger partial charge in [-0.15, -0.1) is 0 Å². The molecule has 1 aromatic carbocycles. The minimum atomic E-state index is 0.161. The van der Waals surface area contributed by atoms with Gasteiger partial charge in [0.05, 0.1) is 5.69 Å². The van der Waals surface area contributed by atoms with Gasteiger partial charge in [-0.3, -0.25) is 4.68 Å². The molecule has 0 atom stereocenters. The summed E-state index contributed by atoms with van der Waals surface area (Å²) in [6, 6.07) is 7.75. The van der Waals surface area contributed by atoms with Crippen LogP contribution in [0.2, 0.25) is 5.02 Å². The zero-order chi connectivity index (χ0) is 14.2. The number of nitrogen functional groups attached to an aromatic ring is 1. The van der Waals surface area contributed by atoms with Crippen molar-refractivity contribution >= 4 is 17.4 Å². The number of aromatic nitrogens is 2. The normalized spacial score (nSPS) is 11.8. The average Bonchev–Trinajstić information content (AvgIpc) is 2.52. The molecule has 2 rings (SSSR count). The molecule has 0 aliphatic heterocycles. The van der Waals surface area contributed by atoms with Crippen molar-refractivity contribution in [2.24, 2.45) is 12.5 Å². The van der Waals surface area contributed by atoms with Crippen LogP contribution in [0.5, 0.6) is 0 Å². The summed E-state index contributed by atoms with van der Waals surface area (Å²) in [4.78, 5) is 0. The second-order valence-corrected chi connectivity index (χ2v) is 6.51. The van der Waals surface area contributed by atoms with Gasteiger partial charge in [-0.1, -0.05) is 44.5 Å². The quantitative estimate of drug-likeness (QED) is 0.904. The molecule has 2 N–H and O–H groups in total. The van der Waals surface area contributed by atoms with Crippen molar-refractivity contribution in [2.75, 3.05) is 5.73 Å². The standard InChI is InChI=1S/C15H20ClN3/c1-15(2,3)9-12-13(14(17)19(4)18-12)10-6-5-7-11(16)8-10/h5-8H,9,17H2,1-4H3. The highest BCUT2D eigenvalue weighted by Crippen LogP contribution is 2.34. The number of rotatable bonds is 2. The summed E-state index contributed by atoms with van der Waals surface area (Å²) in [5.74, 6) is 0.682. The Morgan fingerprint density at radius 3 is 2.58 bits per heavy atom. The van der Waals surface area contributed by atoms with E-state index in [1.54, 1.807) is 4.68 Å². The fourth-order valence-electron chi connectivity index (χ4n) is 2.18. The van der Waals surface area contributed by atoms with Gasteiger partial charge < -0.3 is 5.73 Å². The van der Waals surface area contributed by atoms with Crippen LogP contribution < -0.4 is 5.73 Å². The fraction of sp³-hybridized carbons (Fsp3) is 0.400. The van der Waals surface area contributed by atoms with Gasteiger partial charge >= 0.3 is 0 Å². The van der Waals surface area contributed by atoms with Gasteiger partial charge in [0, 0.05) is 17.6 Å². The van der Waals surface area contributed by atoms with Crippen LogP contribution in [0.4, 0.5) is 5.82 Å². The number of benzene rings is 1. The third-order valence-electron chi connectivity index (χ3n) is 2.98. The lowest BCUT2D eigenvalue weighted by Crippen LogP contribution is -2.10. The molecule has 0 amide bonds. The Kier molecular flexibility index (Phi) is 3.59. The van der Waals surface area contributed by atoms with Crippen molar-refractivity contribution in [3.8, 4) is 11.1 Å². The zero-order valence-electron chi connectivity index (χ0n) is 11.9. The van der Waals surface area contributed by atoms with E-state index >= 15 is 0 Å². The molecule has 0 saturated carbocycles. The summed E-state index contributed by atoms with van der Waals surface area (Å²) < 4.78 is 1.73. The Labute approximate surface area is 119 Å². The maximum atomic E-state index is 6.16. The summed E-state index contributed by atoms with van der Waals surface area (Å²) in [6.07, 6.45) is 0.875. The zero-order valence-corrected chi connectivity index (χ0v) is 12.6. The van der Waals surface area contributed by atoms with Gasteiger partial charge in [-0.2, -0.15) is 5.10 Å². The Balaban J connectivity index is 2.55. The third kappa shape index (κ3) is 3.10. The first-order valence-corrected chi connectivity index (χ1v) is 6.73. The van der Waals surface area contributed by atoms with Crippen LogP contribution in [-0.2, 0) is 13.5 Å². The maximum Gasteiger partial charge on any atom is 0.129 e. The minimum absolute atomic E-state index is 0.161. The minimum Gasteiger partial charge on any atom is -0.383 e. The van der Waals surface area contributed by atoms with Crippen LogP contribution in [0.3, 0.4) is 0 Å². The molecule has 0 aliphatic rings. The summed E-state index contributed by atoms with van der Waals surface area (Å²) in [7, 11) is 1.87. The predicted octanol–water partition coefficient (Wildman–Crippen LogP) is 3.91. The molecule has 102 valence electrons. The van der Waals surface area contributed by atoms with Crippen molar-refractivity contribution in [1.29, 1.82) is 0 Å². The van der Waals surface area contributed by atoms with Crippen LogP contribution >= 0.6 is 11.6 Å². The van der Waals surface area contributed by atoms with E-state index in [4.69, 9.17) is 17.3 Å². The lowest BCUT2D eigenvalue weighted by atomic mass is 9.88. The largest absolute Gasteiger partial charge is 0.383 e. The highest BCUT2D eigenvalue weighted by molar-refractivity contribution is 6.30. The first kappa shape index (κ1) is 13.9. The predicted molar refractivity (Wildman–Crippen MR) is 81.2 cm³/mol. The highest BCUT2D eigenvalue weighted by atomic mass is 35.5. The van der Waals surface area contributed by atoms with E-state index in [1.165, 1.54) is 0 Å². The lowest BCUT2D eigenvalue weighted by Gasteiger charge is -2.17. The van der Waals surface area contributed by atoms with E-state index < -0.39 is 0 Å². The highest BCUT2D eigenvalue weighted by Gasteiger charge is 2.21. The summed E-state index contributed by atoms with van der Waals surface area (Å²) in [5, 5.41) is 5.26. The average molecular weight is 278 g/mol. The molecule has 1 heterocycles. The van der Waals surface area contributed by atoms with Crippen LogP contribution in [0.15, 0.2) is 24.3 Å². The molecule has 0 saturated heterocycles. The first-order valence-electron chi connectivity index (χ1n) is 6.35. The summed E-state index contributed by atoms with van der Waals surface area (Å²) in [5.41, 5.74) is 9.37. The SMILES string of the molecule is Cn1nc(CC(C)(C)C)c(-c2cccc(Cl)c2)c1N. The van der Waals surface area contributed by atoms with E-state index in [9.17, 15) is 0 Å². The number of hydrogen-bond donors (Lipinski definition) is 1. The fourth-order valence-corrected chi connectivity index (χ4v) is 2.37. The Morgan fingerprint density at radius 2 is 2.00 bits per heavy atom. The second kappa shape index (κ2) is 4.89. The van der Waals surface area contributed by atoms with Crippen molar-refractivity contribution in [2.45, 2.75) is 27.2 Å². The van der Waals surface area contributed by atoms with E-state index in [2.05, 4.69) is 25.9 Å². The van der Waals surface area contributed by atoms with E-state index in [0.29, 0.717) is 10.8 Å². The van der Waals surface area contributed by atoms with Gasteiger partial charge in [0.2, 0.25) is 0 Å². The number of anilines is 1. The molecule has 3 nitrogen and oxygen atoms in total. The number of nitrogens with two attached hydrogens (primary N) is 1. The van der Waals surface area contributed by atoms with Gasteiger partial charge in [-0.25, -0.2) is 0 Å². The third-order valence-corrected chi connectivity index (χ3v) is 3.21. The molecular formula is C15H20ClN3. The van der Waals surface area contributed by atoms with Crippen molar-refractivity contribution in [3.05, 3.63) is 35.0 Å².